The first-order valence-electron chi connectivity index (χ1n) is 4.43. The lowest BCUT2D eigenvalue weighted by Gasteiger charge is -1.95. The lowest BCUT2D eigenvalue weighted by molar-refractivity contribution is -0.131. The van der Waals surface area contributed by atoms with E-state index in [1.54, 1.807) is 18.2 Å². The highest BCUT2D eigenvalue weighted by molar-refractivity contribution is 6.30. The van der Waals surface area contributed by atoms with Crippen LogP contribution < -0.4 is 0 Å². The van der Waals surface area contributed by atoms with Crippen molar-refractivity contribution in [1.82, 2.24) is 0 Å². The highest BCUT2D eigenvalue weighted by Gasteiger charge is 1.90. The van der Waals surface area contributed by atoms with Gasteiger partial charge in [0.2, 0.25) is 0 Å². The van der Waals surface area contributed by atoms with Crippen molar-refractivity contribution >= 4 is 23.6 Å². The minimum atomic E-state index is -0.946. The molecule has 15 heavy (non-hydrogen) atoms. The molecule has 2 nitrogen and oxygen atoms in total. The molecule has 1 aromatic rings. The molecule has 0 aromatic heterocycles. The van der Waals surface area contributed by atoms with Crippen LogP contribution in [0.2, 0.25) is 5.02 Å². The van der Waals surface area contributed by atoms with Crippen LogP contribution in [0.1, 0.15) is 12.5 Å². The van der Waals surface area contributed by atoms with Crippen LogP contribution in [0.5, 0.6) is 0 Å². The molecular weight excluding hydrogens is 212 g/mol. The third-order valence-corrected chi connectivity index (χ3v) is 2.01. The van der Waals surface area contributed by atoms with E-state index < -0.39 is 5.97 Å². The van der Waals surface area contributed by atoms with Gasteiger partial charge in [0, 0.05) is 11.1 Å². The number of benzene rings is 1. The summed E-state index contributed by atoms with van der Waals surface area (Å²) < 4.78 is 0. The van der Waals surface area contributed by atoms with Crippen molar-refractivity contribution in [3.63, 3.8) is 0 Å². The van der Waals surface area contributed by atoms with Crippen molar-refractivity contribution in [2.24, 2.45) is 0 Å². The molecule has 0 aliphatic carbocycles. The molecule has 0 saturated heterocycles. The molecule has 0 aliphatic heterocycles. The molecule has 0 radical (unpaired) electrons. The van der Waals surface area contributed by atoms with Gasteiger partial charge in [0.1, 0.15) is 0 Å². The molecule has 0 heterocycles. The number of carbonyl (C=O) groups is 1. The molecule has 0 aliphatic rings. The first kappa shape index (κ1) is 11.5. The Labute approximate surface area is 93.5 Å². The van der Waals surface area contributed by atoms with E-state index in [1.807, 2.05) is 25.1 Å². The SMILES string of the molecule is CC(/C=C/C(=O)O)=C\c1ccc(Cl)cc1. The number of halogens is 1. The normalized spacial score (nSPS) is 12.0. The lowest BCUT2D eigenvalue weighted by Crippen LogP contribution is -1.85. The van der Waals surface area contributed by atoms with Gasteiger partial charge in [-0.25, -0.2) is 4.79 Å². The third-order valence-electron chi connectivity index (χ3n) is 1.75. The van der Waals surface area contributed by atoms with E-state index in [9.17, 15) is 4.79 Å². The highest BCUT2D eigenvalue weighted by atomic mass is 35.5. The van der Waals surface area contributed by atoms with Gasteiger partial charge in [-0.05, 0) is 24.6 Å². The van der Waals surface area contributed by atoms with E-state index >= 15 is 0 Å². The number of aliphatic carboxylic acids is 1. The Hall–Kier alpha value is -1.54. The van der Waals surface area contributed by atoms with Crippen molar-refractivity contribution < 1.29 is 9.90 Å². The molecule has 1 N–H and O–H groups in total. The standard InChI is InChI=1S/C12H11ClO2/c1-9(2-7-12(14)15)8-10-3-5-11(13)6-4-10/h2-8H,1H3,(H,14,15)/b7-2+,9-8+. The summed E-state index contributed by atoms with van der Waals surface area (Å²) in [6.07, 6.45) is 4.55. The zero-order chi connectivity index (χ0) is 11.3. The minimum Gasteiger partial charge on any atom is -0.478 e. The Bertz CT molecular complexity index is 402. The van der Waals surface area contributed by atoms with Crippen LogP contribution in [0.15, 0.2) is 42.0 Å². The van der Waals surface area contributed by atoms with Gasteiger partial charge in [0.15, 0.2) is 0 Å². The van der Waals surface area contributed by atoms with E-state index in [-0.39, 0.29) is 0 Å². The molecule has 0 atom stereocenters. The van der Waals surface area contributed by atoms with Crippen LogP contribution in [0.25, 0.3) is 6.08 Å². The van der Waals surface area contributed by atoms with Crippen LogP contribution in [0.4, 0.5) is 0 Å². The average Bonchev–Trinajstić information content (AvgIpc) is 2.19. The van der Waals surface area contributed by atoms with Crippen LogP contribution in [-0.2, 0) is 4.79 Å². The van der Waals surface area contributed by atoms with Crippen LogP contribution in [-0.4, -0.2) is 11.1 Å². The Morgan fingerprint density at radius 1 is 1.27 bits per heavy atom. The van der Waals surface area contributed by atoms with Crippen molar-refractivity contribution in [1.29, 1.82) is 0 Å². The fraction of sp³-hybridized carbons (Fsp3) is 0.0833. The van der Waals surface area contributed by atoms with Gasteiger partial charge in [-0.1, -0.05) is 41.5 Å². The lowest BCUT2D eigenvalue weighted by atomic mass is 10.1. The van der Waals surface area contributed by atoms with Crippen molar-refractivity contribution in [2.45, 2.75) is 6.92 Å². The molecule has 0 bridgehead atoms. The summed E-state index contributed by atoms with van der Waals surface area (Å²) in [6.45, 7) is 1.84. The first-order chi connectivity index (χ1) is 7.08. The smallest absolute Gasteiger partial charge is 0.328 e. The zero-order valence-electron chi connectivity index (χ0n) is 8.27. The molecule has 0 amide bonds. The van der Waals surface area contributed by atoms with E-state index in [4.69, 9.17) is 16.7 Å². The first-order valence-corrected chi connectivity index (χ1v) is 4.80. The number of carboxylic acids is 1. The largest absolute Gasteiger partial charge is 0.478 e. The predicted molar refractivity (Wildman–Crippen MR) is 61.9 cm³/mol. The van der Waals surface area contributed by atoms with Gasteiger partial charge in [0.25, 0.3) is 0 Å². The Morgan fingerprint density at radius 3 is 2.40 bits per heavy atom. The van der Waals surface area contributed by atoms with Gasteiger partial charge in [-0.3, -0.25) is 0 Å². The Morgan fingerprint density at radius 2 is 1.87 bits per heavy atom. The second-order valence-corrected chi connectivity index (χ2v) is 3.55. The summed E-state index contributed by atoms with van der Waals surface area (Å²) in [6, 6.07) is 7.34. The van der Waals surface area contributed by atoms with E-state index in [0.29, 0.717) is 5.02 Å². The molecular formula is C12H11ClO2. The molecule has 0 saturated carbocycles. The highest BCUT2D eigenvalue weighted by Crippen LogP contribution is 2.12. The number of allylic oxidation sites excluding steroid dienone is 2. The molecule has 0 spiro atoms. The maximum Gasteiger partial charge on any atom is 0.328 e. The fourth-order valence-electron chi connectivity index (χ4n) is 1.07. The average molecular weight is 223 g/mol. The predicted octanol–water partition coefficient (Wildman–Crippen LogP) is 3.38. The van der Waals surface area contributed by atoms with Crippen LogP contribution >= 0.6 is 11.6 Å². The van der Waals surface area contributed by atoms with Crippen LogP contribution in [0.3, 0.4) is 0 Å². The van der Waals surface area contributed by atoms with E-state index in [0.717, 1.165) is 17.2 Å². The summed E-state index contributed by atoms with van der Waals surface area (Å²) >= 11 is 5.74. The minimum absolute atomic E-state index is 0.686. The summed E-state index contributed by atoms with van der Waals surface area (Å²) in [7, 11) is 0. The van der Waals surface area contributed by atoms with E-state index in [1.165, 1.54) is 0 Å². The van der Waals surface area contributed by atoms with Gasteiger partial charge in [0.05, 0.1) is 0 Å². The summed E-state index contributed by atoms with van der Waals surface area (Å²) in [5.74, 6) is -0.946. The van der Waals surface area contributed by atoms with Crippen molar-refractivity contribution in [3.8, 4) is 0 Å². The molecule has 1 rings (SSSR count). The monoisotopic (exact) mass is 222 g/mol. The number of carboxylic acid groups (broad SMARTS) is 1. The number of rotatable bonds is 3. The second-order valence-electron chi connectivity index (χ2n) is 3.11. The molecule has 1 aromatic carbocycles. The van der Waals surface area contributed by atoms with Gasteiger partial charge in [-0.2, -0.15) is 0 Å². The summed E-state index contributed by atoms with van der Waals surface area (Å²) in [4.78, 5) is 10.3. The topological polar surface area (TPSA) is 37.3 Å². The quantitative estimate of drug-likeness (QED) is 0.629. The van der Waals surface area contributed by atoms with E-state index in [2.05, 4.69) is 0 Å². The molecule has 0 fully saturated rings. The number of hydrogen-bond donors (Lipinski definition) is 1. The van der Waals surface area contributed by atoms with Gasteiger partial charge in [-0.15, -0.1) is 0 Å². The van der Waals surface area contributed by atoms with Crippen LogP contribution in [0, 0.1) is 0 Å². The fourth-order valence-corrected chi connectivity index (χ4v) is 1.20. The third kappa shape index (κ3) is 4.47. The Kier molecular flexibility index (Phi) is 4.13. The van der Waals surface area contributed by atoms with Crippen molar-refractivity contribution in [2.75, 3.05) is 0 Å². The second kappa shape index (κ2) is 5.37. The zero-order valence-corrected chi connectivity index (χ0v) is 9.03. The van der Waals surface area contributed by atoms with Gasteiger partial charge < -0.3 is 5.11 Å². The maximum atomic E-state index is 10.3. The molecule has 3 heteroatoms. The van der Waals surface area contributed by atoms with Gasteiger partial charge >= 0.3 is 5.97 Å². The molecule has 78 valence electrons. The van der Waals surface area contributed by atoms with Crippen molar-refractivity contribution in [3.05, 3.63) is 52.6 Å². The maximum absolute atomic E-state index is 10.3. The number of hydrogen-bond acceptors (Lipinski definition) is 1. The summed E-state index contributed by atoms with van der Waals surface area (Å²) in [5, 5.41) is 9.12. The Balaban J connectivity index is 2.78. The summed E-state index contributed by atoms with van der Waals surface area (Å²) in [5.41, 5.74) is 1.87. The molecule has 0 unspecified atom stereocenters.